The molecule has 4 rings (SSSR count). The summed E-state index contributed by atoms with van der Waals surface area (Å²) in [6.45, 7) is 0. The smallest absolute Gasteiger partial charge is 0.234 e. The van der Waals surface area contributed by atoms with E-state index in [0.717, 1.165) is 22.0 Å². The number of para-hydroxylation sites is 3. The number of hydrogen-bond acceptors (Lipinski definition) is 6. The maximum absolute atomic E-state index is 12.3. The van der Waals surface area contributed by atoms with Gasteiger partial charge in [-0.25, -0.2) is 14.6 Å². The van der Waals surface area contributed by atoms with Crippen LogP contribution >= 0.6 is 23.1 Å². The number of nitrogens with one attached hydrogen (secondary N) is 1. The van der Waals surface area contributed by atoms with E-state index < -0.39 is 0 Å². The summed E-state index contributed by atoms with van der Waals surface area (Å²) >= 11 is 3.22. The molecule has 0 aliphatic carbocycles. The Morgan fingerprint density at radius 2 is 2.00 bits per heavy atom. The second kappa shape index (κ2) is 7.67. The van der Waals surface area contributed by atoms with Crippen molar-refractivity contribution >= 4 is 44.9 Å². The maximum atomic E-state index is 12.3. The molecule has 2 heterocycles. The molecule has 6 nitrogen and oxygen atoms in total. The fourth-order valence-corrected chi connectivity index (χ4v) is 4.36. The molecular weight excluding hydrogens is 366 g/mol. The van der Waals surface area contributed by atoms with Crippen LogP contribution in [0.1, 0.15) is 5.01 Å². The Bertz CT molecular complexity index is 996. The van der Waals surface area contributed by atoms with Gasteiger partial charge in [0.05, 0.1) is 27.3 Å². The fraction of sp³-hybridized carbons (Fsp3) is 0.111. The molecule has 2 aromatic carbocycles. The largest absolute Gasteiger partial charge is 0.323 e. The van der Waals surface area contributed by atoms with Gasteiger partial charge in [0, 0.05) is 5.75 Å². The molecule has 26 heavy (non-hydrogen) atoms. The van der Waals surface area contributed by atoms with E-state index in [4.69, 9.17) is 0 Å². The van der Waals surface area contributed by atoms with Crippen molar-refractivity contribution < 1.29 is 4.79 Å². The van der Waals surface area contributed by atoms with Gasteiger partial charge in [-0.15, -0.1) is 23.1 Å². The molecular formula is C18H15N5OS2. The van der Waals surface area contributed by atoms with Crippen molar-refractivity contribution in [2.24, 2.45) is 0 Å². The van der Waals surface area contributed by atoms with Crippen LogP contribution in [0.4, 0.5) is 5.69 Å². The van der Waals surface area contributed by atoms with E-state index in [9.17, 15) is 4.79 Å². The van der Waals surface area contributed by atoms with E-state index in [1.807, 2.05) is 42.5 Å². The predicted molar refractivity (Wildman–Crippen MR) is 106 cm³/mol. The van der Waals surface area contributed by atoms with E-state index in [-0.39, 0.29) is 5.91 Å². The van der Waals surface area contributed by atoms with Crippen LogP contribution in [-0.2, 0) is 10.5 Å². The molecule has 1 amide bonds. The Morgan fingerprint density at radius 1 is 1.15 bits per heavy atom. The van der Waals surface area contributed by atoms with Crippen LogP contribution in [-0.4, -0.2) is 31.4 Å². The van der Waals surface area contributed by atoms with Crippen molar-refractivity contribution in [2.75, 3.05) is 11.1 Å². The van der Waals surface area contributed by atoms with Gasteiger partial charge in [0.25, 0.3) is 0 Å². The first kappa shape index (κ1) is 16.7. The minimum Gasteiger partial charge on any atom is -0.323 e. The molecule has 0 aliphatic heterocycles. The summed E-state index contributed by atoms with van der Waals surface area (Å²) in [5.74, 6) is 1.03. The van der Waals surface area contributed by atoms with Gasteiger partial charge in [-0.3, -0.25) is 4.79 Å². The highest BCUT2D eigenvalue weighted by atomic mass is 32.2. The van der Waals surface area contributed by atoms with Crippen molar-refractivity contribution in [3.8, 4) is 5.69 Å². The molecule has 130 valence electrons. The monoisotopic (exact) mass is 381 g/mol. The zero-order chi connectivity index (χ0) is 17.8. The zero-order valence-electron chi connectivity index (χ0n) is 13.7. The van der Waals surface area contributed by atoms with Crippen molar-refractivity contribution in [1.82, 2.24) is 19.7 Å². The average molecular weight is 381 g/mol. The first-order valence-electron chi connectivity index (χ1n) is 7.96. The second-order valence-corrected chi connectivity index (χ2v) is 7.57. The Hall–Kier alpha value is -2.71. The Balaban J connectivity index is 1.36. The number of nitrogens with zero attached hydrogens (tertiary/aromatic N) is 4. The lowest BCUT2D eigenvalue weighted by Gasteiger charge is -2.10. The normalized spacial score (nSPS) is 10.9. The first-order chi connectivity index (χ1) is 12.8. The third-order valence-corrected chi connectivity index (χ3v) is 5.80. The molecule has 0 fully saturated rings. The second-order valence-electron chi connectivity index (χ2n) is 5.47. The summed E-state index contributed by atoms with van der Waals surface area (Å²) in [5, 5.41) is 8.10. The standard InChI is InChI=1S/C18H15N5OS2/c24-17(9-25-10-18-22-14-6-2-4-8-16(14)26-18)21-13-5-1-3-7-15(13)23-12-19-11-20-23/h1-8,11-12H,9-10H2,(H,21,24). The molecule has 0 unspecified atom stereocenters. The highest BCUT2D eigenvalue weighted by Crippen LogP contribution is 2.25. The minimum absolute atomic E-state index is 0.0522. The first-order valence-corrected chi connectivity index (χ1v) is 9.93. The number of thioether (sulfide) groups is 1. The van der Waals surface area contributed by atoms with Gasteiger partial charge in [0.15, 0.2) is 0 Å². The molecule has 0 saturated carbocycles. The number of carbonyl (C=O) groups is 1. The number of hydrogen-bond donors (Lipinski definition) is 1. The molecule has 0 saturated heterocycles. The van der Waals surface area contributed by atoms with Gasteiger partial charge < -0.3 is 5.32 Å². The lowest BCUT2D eigenvalue weighted by Crippen LogP contribution is -2.16. The maximum Gasteiger partial charge on any atom is 0.234 e. The summed E-state index contributed by atoms with van der Waals surface area (Å²) in [5.41, 5.74) is 2.51. The molecule has 1 N–H and O–H groups in total. The van der Waals surface area contributed by atoms with Gasteiger partial charge in [0.2, 0.25) is 5.91 Å². The summed E-state index contributed by atoms with van der Waals surface area (Å²) in [6, 6.07) is 15.6. The van der Waals surface area contributed by atoms with E-state index in [0.29, 0.717) is 11.4 Å². The Kier molecular flexibility index (Phi) is 4.94. The van der Waals surface area contributed by atoms with Gasteiger partial charge in [-0.2, -0.15) is 5.10 Å². The van der Waals surface area contributed by atoms with Gasteiger partial charge in [-0.05, 0) is 24.3 Å². The van der Waals surface area contributed by atoms with Crippen molar-refractivity contribution in [3.05, 3.63) is 66.2 Å². The summed E-state index contributed by atoms with van der Waals surface area (Å²) in [7, 11) is 0. The highest BCUT2D eigenvalue weighted by Gasteiger charge is 2.10. The molecule has 0 bridgehead atoms. The molecule has 2 aromatic heterocycles. The number of thiazole rings is 1. The summed E-state index contributed by atoms with van der Waals surface area (Å²) < 4.78 is 2.80. The minimum atomic E-state index is -0.0522. The van der Waals surface area contributed by atoms with Gasteiger partial charge in [-0.1, -0.05) is 24.3 Å². The molecule has 4 aromatic rings. The predicted octanol–water partition coefficient (Wildman–Crippen LogP) is 3.75. The lowest BCUT2D eigenvalue weighted by atomic mass is 10.2. The van der Waals surface area contributed by atoms with Crippen LogP contribution in [0, 0.1) is 0 Å². The van der Waals surface area contributed by atoms with E-state index in [2.05, 4.69) is 26.4 Å². The van der Waals surface area contributed by atoms with Crippen LogP contribution in [0.3, 0.4) is 0 Å². The molecule has 0 atom stereocenters. The molecule has 0 aliphatic rings. The third kappa shape index (κ3) is 3.76. The number of aromatic nitrogens is 4. The fourth-order valence-electron chi connectivity index (χ4n) is 2.51. The number of anilines is 1. The Morgan fingerprint density at radius 3 is 2.85 bits per heavy atom. The Labute approximate surface area is 158 Å². The van der Waals surface area contributed by atoms with E-state index >= 15 is 0 Å². The molecule has 8 heteroatoms. The average Bonchev–Trinajstić information content (AvgIpc) is 3.31. The third-order valence-electron chi connectivity index (χ3n) is 3.64. The summed E-state index contributed by atoms with van der Waals surface area (Å²) in [4.78, 5) is 20.8. The number of benzene rings is 2. The molecule has 0 spiro atoms. The topological polar surface area (TPSA) is 72.7 Å². The van der Waals surface area contributed by atoms with Gasteiger partial charge >= 0.3 is 0 Å². The number of carbonyl (C=O) groups excluding carboxylic acids is 1. The summed E-state index contributed by atoms with van der Waals surface area (Å²) in [6.07, 6.45) is 3.07. The van der Waals surface area contributed by atoms with Crippen LogP contribution in [0.5, 0.6) is 0 Å². The number of amides is 1. The van der Waals surface area contributed by atoms with Crippen molar-refractivity contribution in [1.29, 1.82) is 0 Å². The van der Waals surface area contributed by atoms with Crippen LogP contribution in [0.25, 0.3) is 15.9 Å². The van der Waals surface area contributed by atoms with Crippen molar-refractivity contribution in [2.45, 2.75) is 5.75 Å². The van der Waals surface area contributed by atoms with Gasteiger partial charge in [0.1, 0.15) is 17.7 Å². The lowest BCUT2D eigenvalue weighted by molar-refractivity contribution is -0.113. The van der Waals surface area contributed by atoms with E-state index in [1.54, 1.807) is 34.1 Å². The highest BCUT2D eigenvalue weighted by molar-refractivity contribution is 7.99. The van der Waals surface area contributed by atoms with Crippen molar-refractivity contribution in [3.63, 3.8) is 0 Å². The van der Waals surface area contributed by atoms with E-state index in [1.165, 1.54) is 11.0 Å². The quantitative estimate of drug-likeness (QED) is 0.551. The number of fused-ring (bicyclic) bond motifs is 1. The molecule has 0 radical (unpaired) electrons. The number of rotatable bonds is 6. The van der Waals surface area contributed by atoms with Crippen LogP contribution in [0.15, 0.2) is 61.2 Å². The SMILES string of the molecule is O=C(CSCc1nc2ccccc2s1)Nc1ccccc1-n1cncn1. The zero-order valence-corrected chi connectivity index (χ0v) is 15.3. The van der Waals surface area contributed by atoms with Crippen LogP contribution in [0.2, 0.25) is 0 Å². The van der Waals surface area contributed by atoms with Crippen LogP contribution < -0.4 is 5.32 Å².